The van der Waals surface area contributed by atoms with Gasteiger partial charge in [0.15, 0.2) is 0 Å². The number of likely N-dealkylation sites (N-methyl/N-ethyl adjacent to an activating group) is 1. The van der Waals surface area contributed by atoms with Gasteiger partial charge in [-0.05, 0) is 94.5 Å². The number of carbonyl (C=O) groups is 2. The number of nitrogens with zero attached hydrogens (tertiary/aromatic N) is 2. The fraction of sp³-hybridized carbons (Fsp3) is 0.541. The summed E-state index contributed by atoms with van der Waals surface area (Å²) < 4.78 is 126. The summed E-state index contributed by atoms with van der Waals surface area (Å²) in [5, 5.41) is 2.23. The third kappa shape index (κ3) is 9.13. The van der Waals surface area contributed by atoms with Crippen LogP contribution < -0.4 is 10.9 Å². The maximum atomic E-state index is 16.9. The molecular formula is C37H45F8N3O4. The lowest BCUT2D eigenvalue weighted by atomic mass is 9.70. The van der Waals surface area contributed by atoms with E-state index in [9.17, 15) is 40.7 Å². The van der Waals surface area contributed by atoms with Crippen molar-refractivity contribution in [3.8, 4) is 0 Å². The van der Waals surface area contributed by atoms with E-state index < -0.39 is 82.8 Å². The number of hydrogen-bond donors (Lipinski definition) is 1. The molecule has 4 atom stereocenters. The van der Waals surface area contributed by atoms with Gasteiger partial charge in [-0.1, -0.05) is 32.0 Å². The summed E-state index contributed by atoms with van der Waals surface area (Å²) in [5.41, 5.74) is -7.42. The molecule has 3 unspecified atom stereocenters. The number of allylic oxidation sites excluding steroid dienone is 3. The number of pyridine rings is 1. The van der Waals surface area contributed by atoms with Crippen LogP contribution in [0, 0.1) is 25.7 Å². The molecule has 15 heteroatoms. The number of benzene rings is 1. The first-order valence-electron chi connectivity index (χ1n) is 16.8. The fourth-order valence-corrected chi connectivity index (χ4v) is 6.63. The predicted molar refractivity (Wildman–Crippen MR) is 181 cm³/mol. The van der Waals surface area contributed by atoms with Gasteiger partial charge in [0, 0.05) is 24.4 Å². The molecule has 3 rings (SSSR count). The largest absolute Gasteiger partial charge is 0.466 e. The van der Waals surface area contributed by atoms with Crippen molar-refractivity contribution in [2.75, 3.05) is 27.2 Å². The van der Waals surface area contributed by atoms with Crippen LogP contribution in [-0.4, -0.2) is 66.5 Å². The number of nitrogens with one attached hydrogen (secondary N) is 1. The van der Waals surface area contributed by atoms with Crippen molar-refractivity contribution < 1.29 is 49.4 Å². The van der Waals surface area contributed by atoms with Gasteiger partial charge >= 0.3 is 18.3 Å². The Hall–Kier alpha value is -4.01. The first-order chi connectivity index (χ1) is 23.9. The Morgan fingerprint density at radius 3 is 2.15 bits per heavy atom. The molecule has 52 heavy (non-hydrogen) atoms. The number of hydrogen-bond acceptors (Lipinski definition) is 5. The minimum absolute atomic E-state index is 0.128. The quantitative estimate of drug-likeness (QED) is 0.167. The molecule has 1 aliphatic carbocycles. The van der Waals surface area contributed by atoms with Crippen molar-refractivity contribution in [3.63, 3.8) is 0 Å². The second-order valence-corrected chi connectivity index (χ2v) is 13.8. The zero-order chi connectivity index (χ0) is 39.5. The van der Waals surface area contributed by atoms with Gasteiger partial charge in [0.2, 0.25) is 11.6 Å². The Labute approximate surface area is 297 Å². The molecule has 0 aliphatic heterocycles. The average Bonchev–Trinajstić information content (AvgIpc) is 3.00. The van der Waals surface area contributed by atoms with Gasteiger partial charge in [0.25, 0.3) is 5.56 Å². The first-order valence-corrected chi connectivity index (χ1v) is 16.8. The maximum absolute atomic E-state index is 16.9. The minimum atomic E-state index is -5.75. The molecule has 0 saturated carbocycles. The fourth-order valence-electron chi connectivity index (χ4n) is 6.63. The Kier molecular flexibility index (Phi) is 13.3. The lowest BCUT2D eigenvalue weighted by molar-refractivity contribution is -0.234. The van der Waals surface area contributed by atoms with E-state index in [4.69, 9.17) is 4.74 Å². The van der Waals surface area contributed by atoms with Gasteiger partial charge in [-0.25, -0.2) is 8.78 Å². The highest BCUT2D eigenvalue weighted by atomic mass is 19.4. The van der Waals surface area contributed by atoms with Gasteiger partial charge < -0.3 is 19.5 Å². The van der Waals surface area contributed by atoms with Gasteiger partial charge in [-0.2, -0.15) is 26.3 Å². The number of amides is 1. The van der Waals surface area contributed by atoms with Gasteiger partial charge in [0.05, 0.1) is 30.6 Å². The van der Waals surface area contributed by atoms with E-state index in [0.717, 1.165) is 23.8 Å². The molecule has 1 aromatic carbocycles. The number of ether oxygens (including phenoxy) is 1. The number of halogens is 8. The topological polar surface area (TPSA) is 80.6 Å². The van der Waals surface area contributed by atoms with Crippen LogP contribution in [0.25, 0.3) is 5.57 Å². The molecule has 1 N–H and O–H groups in total. The van der Waals surface area contributed by atoms with Gasteiger partial charge in [-0.3, -0.25) is 14.4 Å². The highest BCUT2D eigenvalue weighted by Gasteiger charge is 2.66. The van der Waals surface area contributed by atoms with Crippen LogP contribution >= 0.6 is 0 Å². The van der Waals surface area contributed by atoms with Crippen LogP contribution in [0.3, 0.4) is 0 Å². The number of esters is 1. The number of rotatable bonds is 13. The average molecular weight is 748 g/mol. The summed E-state index contributed by atoms with van der Waals surface area (Å²) in [6.07, 6.45) is -10.6. The minimum Gasteiger partial charge on any atom is -0.466 e. The van der Waals surface area contributed by atoms with E-state index in [1.54, 1.807) is 64.9 Å². The molecule has 1 amide bonds. The van der Waals surface area contributed by atoms with Crippen LogP contribution in [0.1, 0.15) is 74.4 Å². The molecule has 7 nitrogen and oxygen atoms in total. The van der Waals surface area contributed by atoms with Crippen LogP contribution in [-0.2, 0) is 26.9 Å². The summed E-state index contributed by atoms with van der Waals surface area (Å²) in [6, 6.07) is 1.27. The van der Waals surface area contributed by atoms with E-state index >= 15 is 8.78 Å². The molecule has 0 spiro atoms. The van der Waals surface area contributed by atoms with Gasteiger partial charge in [-0.15, -0.1) is 0 Å². The second-order valence-electron chi connectivity index (χ2n) is 13.8. The first kappa shape index (κ1) is 42.4. The molecule has 0 bridgehead atoms. The summed E-state index contributed by atoms with van der Waals surface area (Å²) >= 11 is 0. The summed E-state index contributed by atoms with van der Waals surface area (Å²) in [7, 11) is 3.24. The molecule has 0 radical (unpaired) electrons. The van der Waals surface area contributed by atoms with Crippen LogP contribution in [0.5, 0.6) is 0 Å². The van der Waals surface area contributed by atoms with E-state index in [1.807, 2.05) is 0 Å². The summed E-state index contributed by atoms with van der Waals surface area (Å²) in [6.45, 7) is 8.55. The molecule has 1 aromatic heterocycles. The van der Waals surface area contributed by atoms with Crippen molar-refractivity contribution in [2.45, 2.75) is 90.9 Å². The molecule has 0 fully saturated rings. The highest BCUT2D eigenvalue weighted by Crippen LogP contribution is 2.54. The van der Waals surface area contributed by atoms with Crippen molar-refractivity contribution >= 4 is 17.4 Å². The monoisotopic (exact) mass is 747 g/mol. The molecule has 2 aromatic rings. The van der Waals surface area contributed by atoms with Crippen molar-refractivity contribution in [1.82, 2.24) is 14.8 Å². The lowest BCUT2D eigenvalue weighted by Crippen LogP contribution is -2.59. The standard InChI is InChI=1S/C37H45F8N3O4/c1-9-52-30(50)18-27(32-33(38)25(31-21(4)11-10-12-22(31)5)16-23(6)35(32,39)37(43,44)45)46-34(51)28(15-20(2)3)48-19-24(13-14-47(7)8)26(17-29(48)49)36(40,41)42/h10-12,16-17,19-20,27-28,32H,9,13-15,18H2,1-8H3,(H,46,51)/t27-,28?,32?,35?/m0/s1. The maximum Gasteiger partial charge on any atom is 0.427 e. The van der Waals surface area contributed by atoms with Crippen molar-refractivity contribution in [1.29, 1.82) is 0 Å². The zero-order valence-corrected chi connectivity index (χ0v) is 30.4. The van der Waals surface area contributed by atoms with E-state index in [1.165, 1.54) is 6.92 Å². The van der Waals surface area contributed by atoms with E-state index in [2.05, 4.69) is 5.32 Å². The second kappa shape index (κ2) is 16.3. The number of aryl methyl sites for hydroxylation is 2. The third-order valence-corrected chi connectivity index (χ3v) is 9.11. The number of carbonyl (C=O) groups excluding carboxylic acids is 2. The molecule has 288 valence electrons. The Bertz CT molecular complexity index is 1740. The lowest BCUT2D eigenvalue weighted by Gasteiger charge is -2.43. The van der Waals surface area contributed by atoms with Crippen LogP contribution in [0.4, 0.5) is 35.1 Å². The van der Waals surface area contributed by atoms with Crippen LogP contribution in [0.15, 0.2) is 52.7 Å². The predicted octanol–water partition coefficient (Wildman–Crippen LogP) is 7.84. The van der Waals surface area contributed by atoms with E-state index in [-0.39, 0.29) is 42.7 Å². The van der Waals surface area contributed by atoms with E-state index in [0.29, 0.717) is 17.2 Å². The van der Waals surface area contributed by atoms with Crippen molar-refractivity contribution in [2.24, 2.45) is 11.8 Å². The van der Waals surface area contributed by atoms with Gasteiger partial charge in [0.1, 0.15) is 11.9 Å². The Morgan fingerprint density at radius 2 is 1.65 bits per heavy atom. The molecule has 1 aliphatic rings. The Morgan fingerprint density at radius 1 is 1.06 bits per heavy atom. The number of aromatic nitrogens is 1. The van der Waals surface area contributed by atoms with Crippen LogP contribution in [0.2, 0.25) is 0 Å². The molecule has 1 heterocycles. The highest BCUT2D eigenvalue weighted by molar-refractivity contribution is 5.84. The SMILES string of the molecule is CCOC(=O)C[C@H](NC(=O)C(CC(C)C)n1cc(CCN(C)C)c(C(F)(F)F)cc1=O)C1C(F)=C(c2c(C)cccc2C)C=C(C)C1(F)C(F)(F)F. The summed E-state index contributed by atoms with van der Waals surface area (Å²) in [5.74, 6) is -7.26. The van der Waals surface area contributed by atoms with Crippen molar-refractivity contribution in [3.05, 3.63) is 86.1 Å². The molecular weight excluding hydrogens is 702 g/mol. The zero-order valence-electron chi connectivity index (χ0n) is 30.4. The third-order valence-electron chi connectivity index (χ3n) is 9.11. The normalized spacial score (nSPS) is 19.5. The molecule has 0 saturated heterocycles. The smallest absolute Gasteiger partial charge is 0.427 e. The Balaban J connectivity index is 2.30. The summed E-state index contributed by atoms with van der Waals surface area (Å²) in [4.78, 5) is 41.9. The number of alkyl halides is 7.